The summed E-state index contributed by atoms with van der Waals surface area (Å²) in [5.74, 6) is 0. The van der Waals surface area contributed by atoms with E-state index in [1.165, 1.54) is 70.8 Å². The molecular formula is C16H34ClN. The van der Waals surface area contributed by atoms with Crippen molar-refractivity contribution in [1.82, 2.24) is 0 Å². The molecule has 0 rings (SSSR count). The Morgan fingerprint density at radius 3 is 1.56 bits per heavy atom. The molecule has 0 saturated heterocycles. The minimum atomic E-state index is 0. The van der Waals surface area contributed by atoms with Crippen LogP contribution in [-0.4, -0.2) is 25.1 Å². The van der Waals surface area contributed by atoms with Gasteiger partial charge in [0.25, 0.3) is 0 Å². The van der Waals surface area contributed by atoms with E-state index < -0.39 is 0 Å². The quantitative estimate of drug-likeness (QED) is 0.378. The minimum Gasteiger partial charge on any atom is -1.00 e. The summed E-state index contributed by atoms with van der Waals surface area (Å²) in [6.45, 7) is 7.39. The van der Waals surface area contributed by atoms with Crippen LogP contribution in [0.25, 0.3) is 0 Å². The molecule has 0 radical (unpaired) electrons. The van der Waals surface area contributed by atoms with E-state index >= 15 is 0 Å². The predicted octanol–water partition coefficient (Wildman–Crippen LogP) is 2.13. The molecule has 0 fully saturated rings. The topological polar surface area (TPSA) is 0 Å². The Morgan fingerprint density at radius 2 is 1.17 bits per heavy atom. The van der Waals surface area contributed by atoms with Gasteiger partial charge < -0.3 is 16.9 Å². The van der Waals surface area contributed by atoms with Gasteiger partial charge in [0, 0.05) is 0 Å². The molecule has 0 aromatic heterocycles. The van der Waals surface area contributed by atoms with Crippen LogP contribution in [0.15, 0.2) is 12.8 Å². The molecule has 0 saturated carbocycles. The van der Waals surface area contributed by atoms with Gasteiger partial charge in [0.15, 0.2) is 0 Å². The van der Waals surface area contributed by atoms with Gasteiger partial charge in [0.1, 0.15) is 0 Å². The van der Waals surface area contributed by atoms with Crippen molar-refractivity contribution in [2.45, 2.75) is 71.1 Å². The number of halogens is 1. The number of rotatable bonds is 12. The molecule has 0 aromatic rings. The lowest BCUT2D eigenvalue weighted by molar-refractivity contribution is -0.838. The molecular weight excluding hydrogens is 242 g/mol. The molecule has 0 N–H and O–H groups in total. The fraction of sp³-hybridized carbons (Fsp3) is 0.875. The van der Waals surface area contributed by atoms with E-state index in [2.05, 4.69) is 27.6 Å². The third-order valence-corrected chi connectivity index (χ3v) is 3.58. The minimum absolute atomic E-state index is 0. The Labute approximate surface area is 122 Å². The van der Waals surface area contributed by atoms with Gasteiger partial charge in [-0.3, -0.25) is 0 Å². The van der Waals surface area contributed by atoms with Crippen LogP contribution < -0.4 is 12.4 Å². The van der Waals surface area contributed by atoms with E-state index in [4.69, 9.17) is 0 Å². The van der Waals surface area contributed by atoms with Crippen molar-refractivity contribution in [3.05, 3.63) is 12.8 Å². The lowest BCUT2D eigenvalue weighted by Gasteiger charge is -2.24. The Bertz CT molecular complexity index is 178. The summed E-state index contributed by atoms with van der Waals surface area (Å²) in [6.07, 6.45) is 16.2. The fourth-order valence-corrected chi connectivity index (χ4v) is 2.10. The maximum absolute atomic E-state index is 3.87. The molecule has 0 aliphatic carbocycles. The largest absolute Gasteiger partial charge is 1.00 e. The molecule has 2 heteroatoms. The van der Waals surface area contributed by atoms with Gasteiger partial charge in [-0.2, -0.15) is 0 Å². The molecule has 0 amide bonds. The van der Waals surface area contributed by atoms with Crippen molar-refractivity contribution >= 4 is 0 Å². The van der Waals surface area contributed by atoms with Crippen LogP contribution in [0.4, 0.5) is 0 Å². The van der Waals surface area contributed by atoms with E-state index in [0.29, 0.717) is 0 Å². The number of hydrogen-bond donors (Lipinski definition) is 0. The zero-order chi connectivity index (χ0) is 13.0. The highest BCUT2D eigenvalue weighted by molar-refractivity contribution is 4.52. The maximum Gasteiger partial charge on any atom is 0.0881 e. The molecule has 0 spiro atoms. The highest BCUT2D eigenvalue weighted by atomic mass is 35.5. The van der Waals surface area contributed by atoms with Gasteiger partial charge >= 0.3 is 0 Å². The van der Waals surface area contributed by atoms with Gasteiger partial charge in [-0.25, -0.2) is 0 Å². The van der Waals surface area contributed by atoms with Gasteiger partial charge in [-0.1, -0.05) is 58.3 Å². The summed E-state index contributed by atoms with van der Waals surface area (Å²) >= 11 is 0. The molecule has 0 unspecified atom stereocenters. The Hall–Kier alpha value is -0.0100. The van der Waals surface area contributed by atoms with Gasteiger partial charge in [0.05, 0.1) is 26.8 Å². The molecule has 0 bridgehead atoms. The Kier molecular flexibility index (Phi) is 15.1. The molecule has 0 aliphatic rings. The highest BCUT2D eigenvalue weighted by Gasteiger charge is 2.08. The van der Waals surface area contributed by atoms with Crippen molar-refractivity contribution < 1.29 is 16.9 Å². The SMILES string of the molecule is C=C[N+](C)(C)CCCCCCCCCCCC.[Cl-]. The lowest BCUT2D eigenvalue weighted by Crippen LogP contribution is -3.00. The van der Waals surface area contributed by atoms with E-state index in [-0.39, 0.29) is 12.4 Å². The van der Waals surface area contributed by atoms with Crippen molar-refractivity contribution in [3.63, 3.8) is 0 Å². The molecule has 0 heterocycles. The van der Waals surface area contributed by atoms with Crippen molar-refractivity contribution in [3.8, 4) is 0 Å². The van der Waals surface area contributed by atoms with Crippen LogP contribution >= 0.6 is 0 Å². The number of hydrogen-bond acceptors (Lipinski definition) is 0. The van der Waals surface area contributed by atoms with Gasteiger partial charge in [0.2, 0.25) is 0 Å². The summed E-state index contributed by atoms with van der Waals surface area (Å²) in [4.78, 5) is 0. The monoisotopic (exact) mass is 275 g/mol. The van der Waals surface area contributed by atoms with Gasteiger partial charge in [-0.15, -0.1) is 0 Å². The zero-order valence-corrected chi connectivity index (χ0v) is 13.6. The second kappa shape index (κ2) is 13.4. The first-order valence-corrected chi connectivity index (χ1v) is 7.58. The maximum atomic E-state index is 3.87. The molecule has 0 aromatic carbocycles. The van der Waals surface area contributed by atoms with Crippen LogP contribution in [0.1, 0.15) is 71.1 Å². The van der Waals surface area contributed by atoms with Crippen molar-refractivity contribution in [1.29, 1.82) is 0 Å². The first-order chi connectivity index (χ1) is 8.12. The molecule has 1 nitrogen and oxygen atoms in total. The highest BCUT2D eigenvalue weighted by Crippen LogP contribution is 2.11. The molecule has 18 heavy (non-hydrogen) atoms. The Balaban J connectivity index is 0. The summed E-state index contributed by atoms with van der Waals surface area (Å²) < 4.78 is 0.955. The van der Waals surface area contributed by atoms with Gasteiger partial charge in [-0.05, 0) is 19.4 Å². The molecule has 0 atom stereocenters. The summed E-state index contributed by atoms with van der Waals surface area (Å²) in [6, 6.07) is 0. The summed E-state index contributed by atoms with van der Waals surface area (Å²) in [7, 11) is 4.45. The van der Waals surface area contributed by atoms with E-state index in [9.17, 15) is 0 Å². The number of unbranched alkanes of at least 4 members (excludes halogenated alkanes) is 9. The lowest BCUT2D eigenvalue weighted by atomic mass is 10.1. The molecule has 110 valence electrons. The normalized spacial score (nSPS) is 11.1. The standard InChI is InChI=1S/C16H34N.ClH/c1-5-7-8-9-10-11-12-13-14-15-16-17(3,4)6-2;/h6H,2,5,7-16H2,1,3-4H3;1H/q+1;/p-1. The zero-order valence-electron chi connectivity index (χ0n) is 12.9. The second-order valence-electron chi connectivity index (χ2n) is 5.87. The Morgan fingerprint density at radius 1 is 0.778 bits per heavy atom. The van der Waals surface area contributed by atoms with E-state index in [0.717, 1.165) is 4.48 Å². The first-order valence-electron chi connectivity index (χ1n) is 7.58. The van der Waals surface area contributed by atoms with Crippen molar-refractivity contribution in [2.24, 2.45) is 0 Å². The summed E-state index contributed by atoms with van der Waals surface area (Å²) in [5, 5.41) is 0. The molecule has 0 aliphatic heterocycles. The third-order valence-electron chi connectivity index (χ3n) is 3.58. The average molecular weight is 276 g/mol. The van der Waals surface area contributed by atoms with Crippen LogP contribution in [0.3, 0.4) is 0 Å². The first kappa shape index (κ1) is 20.3. The van der Waals surface area contributed by atoms with Crippen LogP contribution in [0.5, 0.6) is 0 Å². The van der Waals surface area contributed by atoms with E-state index in [1.807, 2.05) is 6.20 Å². The fourth-order valence-electron chi connectivity index (χ4n) is 2.10. The number of nitrogens with zero attached hydrogens (tertiary/aromatic N) is 1. The smallest absolute Gasteiger partial charge is 0.0881 e. The van der Waals surface area contributed by atoms with Crippen LogP contribution in [0, 0.1) is 0 Å². The van der Waals surface area contributed by atoms with Crippen LogP contribution in [-0.2, 0) is 0 Å². The second-order valence-corrected chi connectivity index (χ2v) is 5.87. The predicted molar refractivity (Wildman–Crippen MR) is 79.0 cm³/mol. The number of quaternary nitrogens is 1. The third kappa shape index (κ3) is 14.1. The van der Waals surface area contributed by atoms with Crippen LogP contribution in [0.2, 0.25) is 0 Å². The van der Waals surface area contributed by atoms with E-state index in [1.54, 1.807) is 0 Å². The van der Waals surface area contributed by atoms with Crippen molar-refractivity contribution in [2.75, 3.05) is 20.6 Å². The summed E-state index contributed by atoms with van der Waals surface area (Å²) in [5.41, 5.74) is 0. The average Bonchev–Trinajstić information content (AvgIpc) is 2.31.